The lowest BCUT2D eigenvalue weighted by Gasteiger charge is -2.25. The van der Waals surface area contributed by atoms with Crippen molar-refractivity contribution in [1.82, 2.24) is 10.2 Å². The highest BCUT2D eigenvalue weighted by Crippen LogP contribution is 2.29. The Hall–Kier alpha value is -1.46. The molecule has 17 heavy (non-hydrogen) atoms. The molecule has 6 heteroatoms. The highest BCUT2D eigenvalue weighted by atomic mass is 16.6. The summed E-state index contributed by atoms with van der Waals surface area (Å²) in [5.74, 6) is 0. The fourth-order valence-electron chi connectivity index (χ4n) is 2.06. The largest absolute Gasteiger partial charge is 0.444 e. The third-order valence-corrected chi connectivity index (χ3v) is 2.83. The number of alkyl carbamates (subject to hydrolysis) is 1. The summed E-state index contributed by atoms with van der Waals surface area (Å²) in [5.41, 5.74) is -1.05. The zero-order chi connectivity index (χ0) is 12.7. The second kappa shape index (κ2) is 3.78. The summed E-state index contributed by atoms with van der Waals surface area (Å²) < 4.78 is 10.5. The number of carbonyl (C=O) groups excluding carboxylic acids is 2. The van der Waals surface area contributed by atoms with E-state index in [1.54, 1.807) is 4.90 Å². The van der Waals surface area contributed by atoms with Crippen molar-refractivity contribution >= 4 is 12.2 Å². The highest BCUT2D eigenvalue weighted by Gasteiger charge is 2.47. The monoisotopic (exact) mass is 242 g/mol. The number of hydrogen-bond acceptors (Lipinski definition) is 4. The Morgan fingerprint density at radius 2 is 2.24 bits per heavy atom. The zero-order valence-corrected chi connectivity index (χ0v) is 10.4. The van der Waals surface area contributed by atoms with E-state index in [9.17, 15) is 9.59 Å². The number of ether oxygens (including phenoxy) is 2. The third kappa shape index (κ3) is 2.62. The van der Waals surface area contributed by atoms with Gasteiger partial charge in [-0.1, -0.05) is 0 Å². The van der Waals surface area contributed by atoms with E-state index in [0.29, 0.717) is 26.1 Å². The molecule has 0 aromatic rings. The van der Waals surface area contributed by atoms with E-state index < -0.39 is 17.3 Å². The Morgan fingerprint density at radius 1 is 1.53 bits per heavy atom. The Morgan fingerprint density at radius 3 is 2.76 bits per heavy atom. The lowest BCUT2D eigenvalue weighted by Crippen LogP contribution is -2.40. The van der Waals surface area contributed by atoms with E-state index in [1.807, 2.05) is 20.8 Å². The van der Waals surface area contributed by atoms with Gasteiger partial charge in [-0.2, -0.15) is 0 Å². The Balaban J connectivity index is 1.94. The van der Waals surface area contributed by atoms with Gasteiger partial charge in [0.2, 0.25) is 0 Å². The van der Waals surface area contributed by atoms with Crippen LogP contribution in [-0.4, -0.2) is 47.9 Å². The second-order valence-electron chi connectivity index (χ2n) is 5.58. The number of nitrogens with zero attached hydrogens (tertiary/aromatic N) is 1. The Kier molecular flexibility index (Phi) is 2.67. The first-order chi connectivity index (χ1) is 7.80. The number of amides is 2. The summed E-state index contributed by atoms with van der Waals surface area (Å²) in [6.45, 7) is 6.91. The van der Waals surface area contributed by atoms with Crippen LogP contribution in [0.2, 0.25) is 0 Å². The van der Waals surface area contributed by atoms with Gasteiger partial charge in [-0.3, -0.25) is 0 Å². The molecule has 2 saturated heterocycles. The molecule has 2 fully saturated rings. The van der Waals surface area contributed by atoms with Gasteiger partial charge in [0.15, 0.2) is 5.60 Å². The van der Waals surface area contributed by atoms with Gasteiger partial charge < -0.3 is 19.7 Å². The lowest BCUT2D eigenvalue weighted by atomic mass is 10.0. The quantitative estimate of drug-likeness (QED) is 0.690. The molecule has 2 aliphatic heterocycles. The van der Waals surface area contributed by atoms with Crippen molar-refractivity contribution in [3.8, 4) is 0 Å². The first-order valence-corrected chi connectivity index (χ1v) is 5.75. The summed E-state index contributed by atoms with van der Waals surface area (Å²) >= 11 is 0. The molecule has 96 valence electrons. The van der Waals surface area contributed by atoms with Gasteiger partial charge in [0.1, 0.15) is 5.60 Å². The predicted molar refractivity (Wildman–Crippen MR) is 59.6 cm³/mol. The van der Waals surface area contributed by atoms with Crippen molar-refractivity contribution in [3.63, 3.8) is 0 Å². The number of likely N-dealkylation sites (tertiary alicyclic amines) is 1. The molecule has 0 aromatic heterocycles. The van der Waals surface area contributed by atoms with Crippen LogP contribution in [0.25, 0.3) is 0 Å². The average molecular weight is 242 g/mol. The van der Waals surface area contributed by atoms with E-state index >= 15 is 0 Å². The molecular weight excluding hydrogens is 224 g/mol. The van der Waals surface area contributed by atoms with Crippen molar-refractivity contribution < 1.29 is 19.1 Å². The summed E-state index contributed by atoms with van der Waals surface area (Å²) in [4.78, 5) is 24.5. The highest BCUT2D eigenvalue weighted by molar-refractivity contribution is 5.72. The van der Waals surface area contributed by atoms with Crippen LogP contribution in [0.15, 0.2) is 0 Å². The van der Waals surface area contributed by atoms with Gasteiger partial charge in [0.25, 0.3) is 0 Å². The lowest BCUT2D eigenvalue weighted by molar-refractivity contribution is 0.0200. The van der Waals surface area contributed by atoms with Crippen LogP contribution < -0.4 is 5.32 Å². The predicted octanol–water partition coefficient (Wildman–Crippen LogP) is 1.11. The van der Waals surface area contributed by atoms with Gasteiger partial charge >= 0.3 is 12.2 Å². The molecule has 1 N–H and O–H groups in total. The molecule has 2 rings (SSSR count). The summed E-state index contributed by atoms with van der Waals surface area (Å²) in [5, 5.41) is 2.62. The average Bonchev–Trinajstić information content (AvgIpc) is 2.72. The van der Waals surface area contributed by atoms with Gasteiger partial charge in [0, 0.05) is 13.0 Å². The molecule has 2 heterocycles. The number of nitrogens with one attached hydrogen (secondary N) is 1. The Labute approximate surface area is 100 Å². The number of hydrogen-bond donors (Lipinski definition) is 1. The topological polar surface area (TPSA) is 67.9 Å². The minimum atomic E-state index is -0.548. The van der Waals surface area contributed by atoms with Crippen LogP contribution in [0.4, 0.5) is 9.59 Å². The van der Waals surface area contributed by atoms with Crippen molar-refractivity contribution in [2.24, 2.45) is 0 Å². The van der Waals surface area contributed by atoms with Crippen LogP contribution in [0.5, 0.6) is 0 Å². The molecule has 2 amide bonds. The minimum absolute atomic E-state index is 0.350. The molecule has 1 spiro atoms. The molecule has 0 radical (unpaired) electrons. The summed E-state index contributed by atoms with van der Waals surface area (Å²) in [7, 11) is 0. The Bertz CT molecular complexity index is 350. The molecule has 6 nitrogen and oxygen atoms in total. The van der Waals surface area contributed by atoms with Gasteiger partial charge in [-0.15, -0.1) is 0 Å². The van der Waals surface area contributed by atoms with Crippen molar-refractivity contribution in [1.29, 1.82) is 0 Å². The van der Waals surface area contributed by atoms with Gasteiger partial charge in [0.05, 0.1) is 13.1 Å². The molecule has 0 aliphatic carbocycles. The maximum absolute atomic E-state index is 11.8. The number of rotatable bonds is 0. The first-order valence-electron chi connectivity index (χ1n) is 5.75. The normalized spacial score (nSPS) is 28.2. The van der Waals surface area contributed by atoms with E-state index in [2.05, 4.69) is 5.32 Å². The molecule has 2 aliphatic rings. The van der Waals surface area contributed by atoms with Gasteiger partial charge in [-0.05, 0) is 20.8 Å². The van der Waals surface area contributed by atoms with E-state index in [0.717, 1.165) is 0 Å². The fourth-order valence-corrected chi connectivity index (χ4v) is 2.06. The first kappa shape index (κ1) is 12.0. The van der Waals surface area contributed by atoms with Crippen LogP contribution in [0, 0.1) is 0 Å². The maximum Gasteiger partial charge on any atom is 0.410 e. The smallest absolute Gasteiger partial charge is 0.410 e. The fraction of sp³-hybridized carbons (Fsp3) is 0.818. The SMILES string of the molecule is CC(C)(C)OC(=O)N1CCC2(CNC(=O)O2)C1. The standard InChI is InChI=1S/C11H18N2O4/c1-10(2,3)17-9(15)13-5-4-11(7-13)6-12-8(14)16-11/h4-7H2,1-3H3,(H,12,14). The van der Waals surface area contributed by atoms with Gasteiger partial charge in [-0.25, -0.2) is 9.59 Å². The van der Waals surface area contributed by atoms with Crippen LogP contribution in [-0.2, 0) is 9.47 Å². The number of carbonyl (C=O) groups is 2. The van der Waals surface area contributed by atoms with Crippen LogP contribution in [0.3, 0.4) is 0 Å². The molecule has 0 bridgehead atoms. The van der Waals surface area contributed by atoms with E-state index in [-0.39, 0.29) is 6.09 Å². The summed E-state index contributed by atoms with van der Waals surface area (Å²) in [6, 6.07) is 0. The van der Waals surface area contributed by atoms with Crippen molar-refractivity contribution in [2.75, 3.05) is 19.6 Å². The van der Waals surface area contributed by atoms with Crippen molar-refractivity contribution in [3.05, 3.63) is 0 Å². The van der Waals surface area contributed by atoms with Crippen LogP contribution >= 0.6 is 0 Å². The molecule has 1 unspecified atom stereocenters. The van der Waals surface area contributed by atoms with E-state index in [1.165, 1.54) is 0 Å². The zero-order valence-electron chi connectivity index (χ0n) is 10.4. The second-order valence-corrected chi connectivity index (χ2v) is 5.58. The van der Waals surface area contributed by atoms with Crippen molar-refractivity contribution in [2.45, 2.75) is 38.4 Å². The molecule has 0 saturated carbocycles. The third-order valence-electron chi connectivity index (χ3n) is 2.83. The van der Waals surface area contributed by atoms with Crippen LogP contribution in [0.1, 0.15) is 27.2 Å². The summed E-state index contributed by atoms with van der Waals surface area (Å²) in [6.07, 6.45) is -0.0984. The molecule has 1 atom stereocenters. The molecule has 0 aromatic carbocycles. The van der Waals surface area contributed by atoms with E-state index in [4.69, 9.17) is 9.47 Å². The maximum atomic E-state index is 11.8. The molecular formula is C11H18N2O4. The minimum Gasteiger partial charge on any atom is -0.444 e.